The number of nitrogens with zero attached hydrogens (tertiary/aromatic N) is 1. The Kier molecular flexibility index (Phi) is 6.27. The number of benzene rings is 1. The van der Waals surface area contributed by atoms with E-state index in [0.717, 1.165) is 19.6 Å². The maximum Gasteiger partial charge on any atom is 0.223 e. The summed E-state index contributed by atoms with van der Waals surface area (Å²) >= 11 is 0. The topological polar surface area (TPSA) is 44.4 Å². The zero-order valence-electron chi connectivity index (χ0n) is 14.9. The average molecular weight is 329 g/mol. The van der Waals surface area contributed by atoms with E-state index >= 15 is 0 Å². The molecule has 1 aromatic rings. The molecule has 0 aromatic heterocycles. The number of hydrogen-bond acceptors (Lipinski definition) is 3. The summed E-state index contributed by atoms with van der Waals surface area (Å²) in [7, 11) is 0. The molecule has 2 aliphatic rings. The molecule has 2 fully saturated rings. The number of likely N-dealkylation sites (tertiary alicyclic amines) is 1. The Morgan fingerprint density at radius 1 is 1.17 bits per heavy atom. The monoisotopic (exact) mass is 329 g/mol. The second kappa shape index (κ2) is 8.63. The van der Waals surface area contributed by atoms with Gasteiger partial charge in [-0.1, -0.05) is 44.0 Å². The first-order valence-corrected chi connectivity index (χ1v) is 9.51. The summed E-state index contributed by atoms with van der Waals surface area (Å²) in [5, 5.41) is 6.40. The molecule has 4 heteroatoms. The van der Waals surface area contributed by atoms with Gasteiger partial charge in [-0.3, -0.25) is 9.69 Å². The lowest BCUT2D eigenvalue weighted by Gasteiger charge is -2.31. The molecule has 24 heavy (non-hydrogen) atoms. The van der Waals surface area contributed by atoms with Crippen LogP contribution in [0.15, 0.2) is 24.3 Å². The highest BCUT2D eigenvalue weighted by atomic mass is 16.1. The highest BCUT2D eigenvalue weighted by Gasteiger charge is 2.28. The van der Waals surface area contributed by atoms with Crippen molar-refractivity contribution in [3.8, 4) is 0 Å². The van der Waals surface area contributed by atoms with E-state index in [4.69, 9.17) is 0 Å². The lowest BCUT2D eigenvalue weighted by molar-refractivity contribution is -0.126. The van der Waals surface area contributed by atoms with Crippen LogP contribution in [0.3, 0.4) is 0 Å². The van der Waals surface area contributed by atoms with Crippen molar-refractivity contribution in [2.24, 2.45) is 11.8 Å². The molecule has 1 atom stereocenters. The summed E-state index contributed by atoms with van der Waals surface area (Å²) in [5.74, 6) is 0.785. The standard InChI is InChI=1S/C20H31N3O/c1-16(19-12-21-13-19)20(24)22-14-17-8-4-5-9-18(17)15-23-10-6-2-3-7-11-23/h4-5,8-9,16,19,21H,2-3,6-7,10-15H2,1H3,(H,22,24). The molecule has 2 N–H and O–H groups in total. The fraction of sp³-hybridized carbons (Fsp3) is 0.650. The van der Waals surface area contributed by atoms with Crippen molar-refractivity contribution >= 4 is 5.91 Å². The van der Waals surface area contributed by atoms with E-state index in [-0.39, 0.29) is 11.8 Å². The minimum Gasteiger partial charge on any atom is -0.352 e. The van der Waals surface area contributed by atoms with Crippen LogP contribution in [0.1, 0.15) is 43.7 Å². The number of amides is 1. The molecule has 0 saturated carbocycles. The molecular weight excluding hydrogens is 298 g/mol. The Balaban J connectivity index is 1.56. The molecule has 2 aliphatic heterocycles. The van der Waals surface area contributed by atoms with E-state index in [9.17, 15) is 4.79 Å². The number of nitrogens with one attached hydrogen (secondary N) is 2. The Bertz CT molecular complexity index is 533. The van der Waals surface area contributed by atoms with Crippen LogP contribution >= 0.6 is 0 Å². The van der Waals surface area contributed by atoms with Gasteiger partial charge in [-0.2, -0.15) is 0 Å². The molecule has 0 bridgehead atoms. The molecule has 2 heterocycles. The van der Waals surface area contributed by atoms with Crippen molar-refractivity contribution in [2.45, 2.75) is 45.7 Å². The van der Waals surface area contributed by atoms with Gasteiger partial charge in [0.25, 0.3) is 0 Å². The van der Waals surface area contributed by atoms with Crippen LogP contribution in [0.2, 0.25) is 0 Å². The van der Waals surface area contributed by atoms with Gasteiger partial charge >= 0.3 is 0 Å². The van der Waals surface area contributed by atoms with E-state index in [1.165, 1.54) is 49.9 Å². The van der Waals surface area contributed by atoms with Crippen LogP contribution in [0, 0.1) is 11.8 Å². The maximum absolute atomic E-state index is 12.3. The number of rotatable bonds is 6. The molecule has 1 amide bonds. The SMILES string of the molecule is CC(C(=O)NCc1ccccc1CN1CCCCCC1)C1CNC1. The molecule has 0 aliphatic carbocycles. The van der Waals surface area contributed by atoms with Gasteiger partial charge in [0.2, 0.25) is 5.91 Å². The number of carbonyl (C=O) groups excluding carboxylic acids is 1. The van der Waals surface area contributed by atoms with Crippen LogP contribution in [-0.2, 0) is 17.9 Å². The summed E-state index contributed by atoms with van der Waals surface area (Å²) < 4.78 is 0. The zero-order valence-corrected chi connectivity index (χ0v) is 14.9. The Morgan fingerprint density at radius 3 is 2.46 bits per heavy atom. The first-order valence-electron chi connectivity index (χ1n) is 9.51. The van der Waals surface area contributed by atoms with Gasteiger partial charge in [-0.15, -0.1) is 0 Å². The minimum atomic E-state index is 0.101. The molecule has 0 spiro atoms. The average Bonchev–Trinajstić information content (AvgIpc) is 2.81. The van der Waals surface area contributed by atoms with Gasteiger partial charge in [0.15, 0.2) is 0 Å². The van der Waals surface area contributed by atoms with Gasteiger partial charge in [-0.05, 0) is 56.1 Å². The Hall–Kier alpha value is -1.39. The summed E-state index contributed by atoms with van der Waals surface area (Å²) in [6.07, 6.45) is 5.35. The molecule has 1 unspecified atom stereocenters. The van der Waals surface area contributed by atoms with Crippen LogP contribution in [0.5, 0.6) is 0 Å². The van der Waals surface area contributed by atoms with Gasteiger partial charge < -0.3 is 10.6 Å². The third-order valence-corrected chi connectivity index (χ3v) is 5.60. The van der Waals surface area contributed by atoms with Crippen molar-refractivity contribution in [1.82, 2.24) is 15.5 Å². The molecule has 0 radical (unpaired) electrons. The van der Waals surface area contributed by atoms with E-state index in [0.29, 0.717) is 12.5 Å². The van der Waals surface area contributed by atoms with Crippen molar-refractivity contribution in [3.05, 3.63) is 35.4 Å². The van der Waals surface area contributed by atoms with E-state index in [1.807, 2.05) is 6.92 Å². The second-order valence-corrected chi connectivity index (χ2v) is 7.38. The predicted molar refractivity (Wildman–Crippen MR) is 97.6 cm³/mol. The lowest BCUT2D eigenvalue weighted by Crippen LogP contribution is -2.49. The van der Waals surface area contributed by atoms with Gasteiger partial charge in [0.1, 0.15) is 0 Å². The number of carbonyl (C=O) groups is 1. The third kappa shape index (κ3) is 4.58. The Labute approximate surface area is 146 Å². The summed E-state index contributed by atoms with van der Waals surface area (Å²) in [6, 6.07) is 8.56. The first kappa shape index (κ1) is 17.4. The van der Waals surface area contributed by atoms with Gasteiger partial charge in [-0.25, -0.2) is 0 Å². The van der Waals surface area contributed by atoms with Gasteiger partial charge in [0.05, 0.1) is 0 Å². The Morgan fingerprint density at radius 2 is 1.83 bits per heavy atom. The van der Waals surface area contributed by atoms with Gasteiger partial charge in [0, 0.05) is 19.0 Å². The smallest absolute Gasteiger partial charge is 0.223 e. The highest BCUT2D eigenvalue weighted by molar-refractivity contribution is 5.78. The van der Waals surface area contributed by atoms with Crippen LogP contribution in [-0.4, -0.2) is 37.0 Å². The molecule has 1 aromatic carbocycles. The predicted octanol–water partition coefficient (Wildman–Crippen LogP) is 2.53. The fourth-order valence-corrected chi connectivity index (χ4v) is 3.64. The van der Waals surface area contributed by atoms with Crippen LogP contribution in [0.25, 0.3) is 0 Å². The van der Waals surface area contributed by atoms with Crippen LogP contribution < -0.4 is 10.6 Å². The zero-order chi connectivity index (χ0) is 16.8. The number of hydrogen-bond donors (Lipinski definition) is 2. The summed E-state index contributed by atoms with van der Waals surface area (Å²) in [6.45, 7) is 8.05. The molecule has 2 saturated heterocycles. The molecule has 4 nitrogen and oxygen atoms in total. The molecule has 3 rings (SSSR count). The highest BCUT2D eigenvalue weighted by Crippen LogP contribution is 2.18. The van der Waals surface area contributed by atoms with E-state index < -0.39 is 0 Å². The fourth-order valence-electron chi connectivity index (χ4n) is 3.64. The molecular formula is C20H31N3O. The maximum atomic E-state index is 12.3. The van der Waals surface area contributed by atoms with Crippen molar-refractivity contribution in [2.75, 3.05) is 26.2 Å². The van der Waals surface area contributed by atoms with Crippen molar-refractivity contribution in [1.29, 1.82) is 0 Å². The van der Waals surface area contributed by atoms with Crippen molar-refractivity contribution < 1.29 is 4.79 Å². The quantitative estimate of drug-likeness (QED) is 0.843. The third-order valence-electron chi connectivity index (χ3n) is 5.60. The van der Waals surface area contributed by atoms with Crippen LogP contribution in [0.4, 0.5) is 0 Å². The molecule has 132 valence electrons. The lowest BCUT2D eigenvalue weighted by atomic mass is 9.88. The first-order chi connectivity index (χ1) is 11.7. The van der Waals surface area contributed by atoms with E-state index in [1.54, 1.807) is 0 Å². The summed E-state index contributed by atoms with van der Waals surface area (Å²) in [5.41, 5.74) is 2.62. The normalized spacial score (nSPS) is 20.9. The second-order valence-electron chi connectivity index (χ2n) is 7.38. The van der Waals surface area contributed by atoms with Crippen molar-refractivity contribution in [3.63, 3.8) is 0 Å². The summed E-state index contributed by atoms with van der Waals surface area (Å²) in [4.78, 5) is 14.9. The van der Waals surface area contributed by atoms with E-state index in [2.05, 4.69) is 39.8 Å². The minimum absolute atomic E-state index is 0.101. The largest absolute Gasteiger partial charge is 0.352 e.